The lowest BCUT2D eigenvalue weighted by Crippen LogP contribution is -1.87. The molecule has 0 radical (unpaired) electrons. The summed E-state index contributed by atoms with van der Waals surface area (Å²) < 4.78 is 21.2. The molecule has 1 heterocycles. The Balaban J connectivity index is 2.73. The topological polar surface area (TPSA) is 34.1 Å². The highest BCUT2D eigenvalue weighted by Gasteiger charge is 1.95. The minimum absolute atomic E-state index is 0.611. The molecule has 0 saturated heterocycles. The zero-order valence-electron chi connectivity index (χ0n) is 5.98. The molecule has 0 aliphatic carbocycles. The Morgan fingerprint density at radius 3 is 2.27 bits per heavy atom. The van der Waals surface area contributed by atoms with Gasteiger partial charge in [-0.2, -0.15) is 0 Å². The number of sulfone groups is 1. The van der Waals surface area contributed by atoms with Crippen molar-refractivity contribution in [2.45, 2.75) is 0 Å². The normalized spacial score (nSPS) is 18.1. The molecular weight excluding hydrogens is 180 g/mol. The second-order valence-corrected chi connectivity index (χ2v) is 5.46. The van der Waals surface area contributed by atoms with E-state index >= 15 is 0 Å². The molecule has 0 aromatic carbocycles. The van der Waals surface area contributed by atoms with Gasteiger partial charge in [-0.05, 0) is 16.1 Å². The summed E-state index contributed by atoms with van der Waals surface area (Å²) in [4.78, 5) is 0. The smallest absolute Gasteiger partial charge is 0.214 e. The van der Waals surface area contributed by atoms with Crippen LogP contribution in [0.3, 0.4) is 0 Å². The molecule has 0 amide bonds. The van der Waals surface area contributed by atoms with Crippen LogP contribution in [0.5, 0.6) is 0 Å². The van der Waals surface area contributed by atoms with Crippen molar-refractivity contribution >= 4 is 20.7 Å². The summed E-state index contributed by atoms with van der Waals surface area (Å²) in [6, 6.07) is 0. The molecule has 0 bridgehead atoms. The van der Waals surface area contributed by atoms with Crippen LogP contribution in [0.1, 0.15) is 0 Å². The van der Waals surface area contributed by atoms with Gasteiger partial charge in [-0.25, -0.2) is 8.42 Å². The van der Waals surface area contributed by atoms with E-state index < -0.39 is 20.7 Å². The highest BCUT2D eigenvalue weighted by atomic mass is 32.2. The van der Waals surface area contributed by atoms with E-state index in [4.69, 9.17) is 0 Å². The van der Waals surface area contributed by atoms with Crippen LogP contribution < -0.4 is 0 Å². The fourth-order valence-electron chi connectivity index (χ4n) is 0.545. The molecule has 0 unspecified atom stereocenters. The molecule has 0 atom stereocenters. The molecule has 0 spiro atoms. The van der Waals surface area contributed by atoms with E-state index in [9.17, 15) is 8.42 Å². The van der Waals surface area contributed by atoms with Gasteiger partial charge in [-0.1, -0.05) is 12.2 Å². The van der Waals surface area contributed by atoms with E-state index in [1.165, 1.54) is 0 Å². The predicted octanol–water partition coefficient (Wildman–Crippen LogP) is 0.992. The van der Waals surface area contributed by atoms with Crippen molar-refractivity contribution in [2.24, 2.45) is 0 Å². The highest BCUT2D eigenvalue weighted by molar-refractivity contribution is 8.26. The molecule has 1 rings (SSSR count). The Bertz CT molecular complexity index is 340. The summed E-state index contributed by atoms with van der Waals surface area (Å²) in [5.74, 6) is 0. The van der Waals surface area contributed by atoms with E-state index in [2.05, 4.69) is 10.5 Å². The molecular formula is C7H8O2S2. The van der Waals surface area contributed by atoms with E-state index in [1.54, 1.807) is 0 Å². The van der Waals surface area contributed by atoms with Crippen molar-refractivity contribution in [2.75, 3.05) is 6.26 Å². The van der Waals surface area contributed by atoms with Crippen LogP contribution in [-0.4, -0.2) is 14.7 Å². The molecule has 1 aliphatic rings. The molecule has 0 aromatic rings. The summed E-state index contributed by atoms with van der Waals surface area (Å²) in [6.45, 7) is 0. The molecule has 11 heavy (non-hydrogen) atoms. The second kappa shape index (κ2) is 3.16. The zero-order chi connectivity index (χ0) is 8.32. The minimum Gasteiger partial charge on any atom is -0.216 e. The highest BCUT2D eigenvalue weighted by Crippen LogP contribution is 2.30. The average Bonchev–Trinajstić information content (AvgIpc) is 2.32. The molecule has 0 fully saturated rings. The lowest BCUT2D eigenvalue weighted by Gasteiger charge is -1.94. The van der Waals surface area contributed by atoms with E-state index in [-0.39, 0.29) is 0 Å². The maximum atomic E-state index is 10.6. The van der Waals surface area contributed by atoms with Gasteiger partial charge in [-0.15, -0.1) is 10.9 Å². The Kier molecular flexibility index (Phi) is 2.42. The average molecular weight is 188 g/mol. The standard InChI is InChI=1S/C7H8O2S2/c1-11(8,9)7-6-10-4-2-3-5-10/h2-5,10H,1H3. The van der Waals surface area contributed by atoms with Crippen molar-refractivity contribution < 1.29 is 8.42 Å². The fourth-order valence-corrected chi connectivity index (χ4v) is 2.45. The third-order valence-electron chi connectivity index (χ3n) is 0.965. The van der Waals surface area contributed by atoms with E-state index in [0.29, 0.717) is 0 Å². The Labute approximate surface area is 69.3 Å². The molecule has 60 valence electrons. The molecule has 4 heteroatoms. The van der Waals surface area contributed by atoms with Crippen molar-refractivity contribution in [1.82, 2.24) is 0 Å². The lowest BCUT2D eigenvalue weighted by atomic mass is 10.6. The van der Waals surface area contributed by atoms with Crippen LogP contribution in [0.2, 0.25) is 0 Å². The lowest BCUT2D eigenvalue weighted by molar-refractivity contribution is 0.611. The van der Waals surface area contributed by atoms with Gasteiger partial charge >= 0.3 is 0 Å². The summed E-state index contributed by atoms with van der Waals surface area (Å²) in [5, 5.41) is 8.71. The third-order valence-corrected chi connectivity index (χ3v) is 2.95. The largest absolute Gasteiger partial charge is 0.216 e. The van der Waals surface area contributed by atoms with Gasteiger partial charge in [0.2, 0.25) is 9.84 Å². The first kappa shape index (κ1) is 8.44. The monoisotopic (exact) mass is 188 g/mol. The van der Waals surface area contributed by atoms with Crippen molar-refractivity contribution in [3.05, 3.63) is 23.0 Å². The fraction of sp³-hybridized carbons (Fsp3) is 0.143. The van der Waals surface area contributed by atoms with Gasteiger partial charge in [0.25, 0.3) is 0 Å². The molecule has 0 aromatic heterocycles. The van der Waals surface area contributed by atoms with E-state index in [1.807, 2.05) is 23.0 Å². The molecule has 0 saturated carbocycles. The molecule has 0 N–H and O–H groups in total. The van der Waals surface area contributed by atoms with Crippen molar-refractivity contribution in [1.29, 1.82) is 0 Å². The first-order valence-corrected chi connectivity index (χ1v) is 6.31. The summed E-state index contributed by atoms with van der Waals surface area (Å²) in [6.07, 6.45) is 4.87. The molecule has 1 aliphatic heterocycles. The maximum Gasteiger partial charge on any atom is 0.214 e. The van der Waals surface area contributed by atoms with Gasteiger partial charge in [0.1, 0.15) is 0 Å². The number of allylic oxidation sites excluding steroid dienone is 2. The third kappa shape index (κ3) is 3.30. The van der Waals surface area contributed by atoms with Crippen LogP contribution in [-0.2, 0) is 9.84 Å². The quantitative estimate of drug-likeness (QED) is 0.454. The van der Waals surface area contributed by atoms with Gasteiger partial charge in [-0.3, -0.25) is 0 Å². The SMILES string of the molecule is CS(=O)(=O)C#C[SH]1C=CC=C1. The predicted molar refractivity (Wildman–Crippen MR) is 49.9 cm³/mol. The number of hydrogen-bond donors (Lipinski definition) is 1. The van der Waals surface area contributed by atoms with Crippen LogP contribution in [0.15, 0.2) is 23.0 Å². The van der Waals surface area contributed by atoms with Gasteiger partial charge in [0.15, 0.2) is 0 Å². The number of rotatable bonds is 0. The van der Waals surface area contributed by atoms with Crippen LogP contribution >= 0.6 is 10.9 Å². The summed E-state index contributed by atoms with van der Waals surface area (Å²) >= 11 is 0. The van der Waals surface area contributed by atoms with Gasteiger partial charge in [0, 0.05) is 5.25 Å². The van der Waals surface area contributed by atoms with Crippen molar-refractivity contribution in [3.8, 4) is 10.5 Å². The van der Waals surface area contributed by atoms with E-state index in [0.717, 1.165) is 6.26 Å². The van der Waals surface area contributed by atoms with Gasteiger partial charge in [0.05, 0.1) is 6.26 Å². The summed E-state index contributed by atoms with van der Waals surface area (Å²) in [7, 11) is -3.74. The number of hydrogen-bond acceptors (Lipinski definition) is 2. The zero-order valence-corrected chi connectivity index (χ0v) is 7.69. The Hall–Kier alpha value is -0.660. The first-order valence-electron chi connectivity index (χ1n) is 2.94. The van der Waals surface area contributed by atoms with Crippen LogP contribution in [0.4, 0.5) is 0 Å². The first-order chi connectivity index (χ1) is 5.08. The van der Waals surface area contributed by atoms with Gasteiger partial charge < -0.3 is 0 Å². The number of thiol groups is 1. The second-order valence-electron chi connectivity index (χ2n) is 2.08. The van der Waals surface area contributed by atoms with Crippen molar-refractivity contribution in [3.63, 3.8) is 0 Å². The molecule has 2 nitrogen and oxygen atoms in total. The Morgan fingerprint density at radius 1 is 1.27 bits per heavy atom. The van der Waals surface area contributed by atoms with Crippen LogP contribution in [0.25, 0.3) is 0 Å². The summed E-state index contributed by atoms with van der Waals surface area (Å²) in [5.41, 5.74) is 0. The van der Waals surface area contributed by atoms with Crippen LogP contribution in [0, 0.1) is 10.5 Å². The minimum atomic E-state index is -3.12. The maximum absolute atomic E-state index is 10.6. The Morgan fingerprint density at radius 2 is 1.82 bits per heavy atom.